The third kappa shape index (κ3) is 3.85. The normalized spacial score (nSPS) is 16.3. The molecular weight excluding hydrogens is 284 g/mol. The summed E-state index contributed by atoms with van der Waals surface area (Å²) in [6.45, 7) is 5.98. The number of aromatic nitrogens is 1. The van der Waals surface area contributed by atoms with Crippen molar-refractivity contribution in [1.29, 1.82) is 0 Å². The summed E-state index contributed by atoms with van der Waals surface area (Å²) in [5.41, 5.74) is -0.398. The largest absolute Gasteiger partial charge is 0.388 e. The number of H-pyrrole nitrogens is 1. The van der Waals surface area contributed by atoms with E-state index in [0.717, 1.165) is 10.9 Å². The Kier molecular flexibility index (Phi) is 4.77. The van der Waals surface area contributed by atoms with Gasteiger partial charge in [-0.1, -0.05) is 20.3 Å². The number of rotatable bonds is 5. The van der Waals surface area contributed by atoms with Crippen LogP contribution in [0.25, 0.3) is 0 Å². The number of carbonyl (C=O) groups is 1. The lowest BCUT2D eigenvalue weighted by Gasteiger charge is -2.29. The zero-order chi connectivity index (χ0) is 13.1. The Bertz CT molecular complexity index is 388. The van der Waals surface area contributed by atoms with E-state index in [2.05, 4.69) is 26.2 Å². The van der Waals surface area contributed by atoms with Crippen LogP contribution in [0.2, 0.25) is 0 Å². The molecule has 0 aliphatic rings. The molecule has 0 bridgehead atoms. The molecule has 2 atom stereocenters. The topological polar surface area (TPSA) is 65.1 Å². The quantitative estimate of drug-likeness (QED) is 0.781. The third-order valence-electron chi connectivity index (χ3n) is 3.17. The van der Waals surface area contributed by atoms with E-state index in [-0.39, 0.29) is 18.4 Å². The molecule has 1 aromatic heterocycles. The van der Waals surface area contributed by atoms with Gasteiger partial charge in [-0.05, 0) is 34.8 Å². The minimum absolute atomic E-state index is 0.137. The molecular formula is C12H19BrN2O2. The summed E-state index contributed by atoms with van der Waals surface area (Å²) in [5.74, 6) is -0.0718. The van der Waals surface area contributed by atoms with E-state index in [4.69, 9.17) is 0 Å². The second-order valence-electron chi connectivity index (χ2n) is 4.58. The van der Waals surface area contributed by atoms with Gasteiger partial charge in [-0.3, -0.25) is 4.79 Å². The van der Waals surface area contributed by atoms with Crippen molar-refractivity contribution in [2.24, 2.45) is 5.92 Å². The highest BCUT2D eigenvalue weighted by atomic mass is 79.9. The van der Waals surface area contributed by atoms with Gasteiger partial charge < -0.3 is 15.4 Å². The van der Waals surface area contributed by atoms with Crippen LogP contribution in [0.5, 0.6) is 0 Å². The van der Waals surface area contributed by atoms with E-state index >= 15 is 0 Å². The van der Waals surface area contributed by atoms with Crippen molar-refractivity contribution in [2.45, 2.75) is 32.8 Å². The molecule has 0 aliphatic heterocycles. The summed E-state index contributed by atoms with van der Waals surface area (Å²) in [7, 11) is 0. The summed E-state index contributed by atoms with van der Waals surface area (Å²) in [6.07, 6.45) is 2.57. The summed E-state index contributed by atoms with van der Waals surface area (Å²) in [5, 5.41) is 12.9. The second-order valence-corrected chi connectivity index (χ2v) is 5.50. The van der Waals surface area contributed by atoms with Crippen molar-refractivity contribution in [3.8, 4) is 0 Å². The van der Waals surface area contributed by atoms with Crippen LogP contribution in [-0.2, 0) is 0 Å². The van der Waals surface area contributed by atoms with Crippen LogP contribution in [-0.4, -0.2) is 28.1 Å². The van der Waals surface area contributed by atoms with Crippen molar-refractivity contribution in [2.75, 3.05) is 6.54 Å². The number of hydrogen-bond acceptors (Lipinski definition) is 2. The zero-order valence-electron chi connectivity index (χ0n) is 10.4. The van der Waals surface area contributed by atoms with E-state index in [9.17, 15) is 9.90 Å². The lowest BCUT2D eigenvalue weighted by molar-refractivity contribution is 0.00588. The van der Waals surface area contributed by atoms with Crippen LogP contribution in [0.3, 0.4) is 0 Å². The smallest absolute Gasteiger partial charge is 0.267 e. The molecule has 1 heterocycles. The van der Waals surface area contributed by atoms with Crippen molar-refractivity contribution < 1.29 is 9.90 Å². The highest BCUT2D eigenvalue weighted by Crippen LogP contribution is 2.19. The van der Waals surface area contributed by atoms with Gasteiger partial charge in [-0.2, -0.15) is 0 Å². The average molecular weight is 303 g/mol. The van der Waals surface area contributed by atoms with Gasteiger partial charge in [0.1, 0.15) is 5.69 Å². The molecule has 0 saturated heterocycles. The minimum atomic E-state index is -0.881. The first-order chi connectivity index (χ1) is 7.86. The molecule has 4 nitrogen and oxygen atoms in total. The number of halogens is 1. The maximum absolute atomic E-state index is 11.7. The fourth-order valence-electron chi connectivity index (χ4n) is 1.47. The summed E-state index contributed by atoms with van der Waals surface area (Å²) in [6, 6.07) is 1.70. The molecule has 1 aromatic rings. The number of amides is 1. The number of hydrogen-bond donors (Lipinski definition) is 3. The van der Waals surface area contributed by atoms with Crippen molar-refractivity contribution in [3.63, 3.8) is 0 Å². The number of aliphatic hydroxyl groups is 1. The molecule has 1 rings (SSSR count). The SMILES string of the molecule is CCC(C)C(C)(O)CNC(=O)c1cc(Br)c[nH]1. The van der Waals surface area contributed by atoms with Gasteiger partial charge in [0, 0.05) is 17.2 Å². The average Bonchev–Trinajstić information content (AvgIpc) is 2.71. The van der Waals surface area contributed by atoms with Gasteiger partial charge in [0.2, 0.25) is 0 Å². The zero-order valence-corrected chi connectivity index (χ0v) is 12.0. The highest BCUT2D eigenvalue weighted by molar-refractivity contribution is 9.10. The van der Waals surface area contributed by atoms with Crippen LogP contribution in [0.1, 0.15) is 37.7 Å². The molecule has 5 heteroatoms. The predicted octanol–water partition coefficient (Wildman–Crippen LogP) is 2.30. The van der Waals surface area contributed by atoms with Crippen molar-refractivity contribution in [1.82, 2.24) is 10.3 Å². The Morgan fingerprint density at radius 2 is 2.35 bits per heavy atom. The van der Waals surface area contributed by atoms with Gasteiger partial charge in [-0.15, -0.1) is 0 Å². The summed E-state index contributed by atoms with van der Waals surface area (Å²) in [4.78, 5) is 14.6. The number of nitrogens with one attached hydrogen (secondary N) is 2. The molecule has 17 heavy (non-hydrogen) atoms. The van der Waals surface area contributed by atoms with Crippen molar-refractivity contribution in [3.05, 3.63) is 22.4 Å². The molecule has 1 amide bonds. The lowest BCUT2D eigenvalue weighted by Crippen LogP contribution is -2.45. The van der Waals surface area contributed by atoms with Gasteiger partial charge in [0.05, 0.1) is 5.60 Å². The molecule has 0 radical (unpaired) electrons. The maximum atomic E-state index is 11.7. The standard InChI is InChI=1S/C12H19BrN2O2/c1-4-8(2)12(3,17)7-15-11(16)10-5-9(13)6-14-10/h5-6,8,14,17H,4,7H2,1-3H3,(H,15,16). The van der Waals surface area contributed by atoms with Crippen LogP contribution < -0.4 is 5.32 Å². The molecule has 0 aliphatic carbocycles. The Hall–Kier alpha value is -0.810. The molecule has 0 spiro atoms. The van der Waals surface area contributed by atoms with Gasteiger partial charge in [0.25, 0.3) is 5.91 Å². The first-order valence-corrected chi connectivity index (χ1v) is 6.50. The van der Waals surface area contributed by atoms with Crippen LogP contribution >= 0.6 is 15.9 Å². The van der Waals surface area contributed by atoms with Crippen LogP contribution in [0, 0.1) is 5.92 Å². The maximum Gasteiger partial charge on any atom is 0.267 e. The minimum Gasteiger partial charge on any atom is -0.388 e. The molecule has 96 valence electrons. The number of carbonyl (C=O) groups excluding carboxylic acids is 1. The Labute approximate surface area is 110 Å². The summed E-state index contributed by atoms with van der Waals surface area (Å²) >= 11 is 3.26. The Morgan fingerprint density at radius 3 is 2.82 bits per heavy atom. The predicted molar refractivity (Wildman–Crippen MR) is 70.9 cm³/mol. The van der Waals surface area contributed by atoms with E-state index in [1.807, 2.05) is 13.8 Å². The molecule has 2 unspecified atom stereocenters. The Morgan fingerprint density at radius 1 is 1.71 bits per heavy atom. The molecule has 0 aromatic carbocycles. The highest BCUT2D eigenvalue weighted by Gasteiger charge is 2.27. The van der Waals surface area contributed by atoms with E-state index in [1.165, 1.54) is 0 Å². The van der Waals surface area contributed by atoms with Crippen molar-refractivity contribution >= 4 is 21.8 Å². The Balaban J connectivity index is 2.54. The fraction of sp³-hybridized carbons (Fsp3) is 0.583. The fourth-order valence-corrected chi connectivity index (χ4v) is 1.81. The molecule has 0 fully saturated rings. The van der Waals surface area contributed by atoms with Crippen LogP contribution in [0.15, 0.2) is 16.7 Å². The summed E-state index contributed by atoms with van der Waals surface area (Å²) < 4.78 is 0.830. The first-order valence-electron chi connectivity index (χ1n) is 5.71. The third-order valence-corrected chi connectivity index (χ3v) is 3.63. The lowest BCUT2D eigenvalue weighted by atomic mass is 9.88. The monoisotopic (exact) mass is 302 g/mol. The molecule has 3 N–H and O–H groups in total. The van der Waals surface area contributed by atoms with Crippen LogP contribution in [0.4, 0.5) is 0 Å². The first kappa shape index (κ1) is 14.3. The van der Waals surface area contributed by atoms with Gasteiger partial charge in [-0.25, -0.2) is 0 Å². The van der Waals surface area contributed by atoms with Gasteiger partial charge >= 0.3 is 0 Å². The second kappa shape index (κ2) is 5.69. The van der Waals surface area contributed by atoms with E-state index in [1.54, 1.807) is 19.2 Å². The van der Waals surface area contributed by atoms with E-state index < -0.39 is 5.60 Å². The van der Waals surface area contributed by atoms with E-state index in [0.29, 0.717) is 5.69 Å². The number of aromatic amines is 1. The molecule has 0 saturated carbocycles. The van der Waals surface area contributed by atoms with Gasteiger partial charge in [0.15, 0.2) is 0 Å².